The highest BCUT2D eigenvalue weighted by Gasteiger charge is 2.54. The number of ether oxygens (including phenoxy) is 2. The maximum atomic E-state index is 13.4. The minimum absolute atomic E-state index is 0.0558. The predicted molar refractivity (Wildman–Crippen MR) is 162 cm³/mol. The topological polar surface area (TPSA) is 115 Å². The van der Waals surface area contributed by atoms with Crippen LogP contribution in [-0.4, -0.2) is 50.1 Å². The zero-order valence-electron chi connectivity index (χ0n) is 25.1. The van der Waals surface area contributed by atoms with Crippen LogP contribution in [0.2, 0.25) is 0 Å². The van der Waals surface area contributed by atoms with Crippen LogP contribution in [0.25, 0.3) is 0 Å². The highest BCUT2D eigenvalue weighted by atomic mass is 32.2. The minimum atomic E-state index is -4.22. The molecule has 3 saturated carbocycles. The molecule has 0 atom stereocenters. The molecule has 0 unspecified atom stereocenters. The number of sulfonamides is 1. The van der Waals surface area contributed by atoms with Crippen molar-refractivity contribution < 1.29 is 27.5 Å². The van der Waals surface area contributed by atoms with Crippen molar-refractivity contribution >= 4 is 27.7 Å². The number of piperidine rings is 1. The monoisotopic (exact) mass is 609 g/mol. The molecule has 6 rings (SSSR count). The molecule has 1 aromatic heterocycles. The molecule has 2 heterocycles. The molecule has 1 saturated heterocycles. The first-order valence-corrected chi connectivity index (χ1v) is 17.5. The van der Waals surface area contributed by atoms with Crippen molar-refractivity contribution in [2.24, 2.45) is 5.92 Å². The summed E-state index contributed by atoms with van der Waals surface area (Å²) >= 11 is 0. The number of anilines is 1. The summed E-state index contributed by atoms with van der Waals surface area (Å²) in [5.41, 5.74) is 0.947. The Kier molecular flexibility index (Phi) is 8.67. The lowest BCUT2D eigenvalue weighted by molar-refractivity contribution is -0.154. The number of pyridine rings is 1. The molecule has 0 bridgehead atoms. The number of hydrogen-bond donors (Lipinski definition) is 1. The first kappa shape index (κ1) is 29.9. The van der Waals surface area contributed by atoms with Crippen LogP contribution in [0.3, 0.4) is 0 Å². The van der Waals surface area contributed by atoms with Gasteiger partial charge >= 0.3 is 5.97 Å². The number of amides is 1. The molecule has 4 fully saturated rings. The van der Waals surface area contributed by atoms with Crippen molar-refractivity contribution in [2.45, 2.75) is 113 Å². The van der Waals surface area contributed by atoms with Crippen LogP contribution >= 0.6 is 0 Å². The Hall–Kier alpha value is -3.14. The summed E-state index contributed by atoms with van der Waals surface area (Å²) < 4.78 is 41.0. The van der Waals surface area contributed by atoms with Crippen molar-refractivity contribution in [3.63, 3.8) is 0 Å². The van der Waals surface area contributed by atoms with Crippen LogP contribution in [0.1, 0.15) is 101 Å². The fraction of sp³-hybridized carbons (Fsp3) is 0.606. The Morgan fingerprint density at radius 3 is 2.33 bits per heavy atom. The van der Waals surface area contributed by atoms with Crippen molar-refractivity contribution in [3.05, 3.63) is 47.5 Å². The van der Waals surface area contributed by atoms with Crippen LogP contribution in [0, 0.1) is 12.8 Å². The summed E-state index contributed by atoms with van der Waals surface area (Å²) in [7, 11) is -4.22. The number of rotatable bonds is 9. The molecule has 0 radical (unpaired) electrons. The summed E-state index contributed by atoms with van der Waals surface area (Å²) in [6, 6.07) is 10.9. The molecule has 3 aliphatic carbocycles. The van der Waals surface area contributed by atoms with E-state index in [1.807, 2.05) is 17.9 Å². The fourth-order valence-corrected chi connectivity index (χ4v) is 7.79. The fourth-order valence-electron chi connectivity index (χ4n) is 6.79. The van der Waals surface area contributed by atoms with Crippen LogP contribution < -0.4 is 14.4 Å². The van der Waals surface area contributed by atoms with E-state index in [4.69, 9.17) is 9.47 Å². The lowest BCUT2D eigenvalue weighted by Crippen LogP contribution is -2.44. The van der Waals surface area contributed by atoms with Gasteiger partial charge in [0.2, 0.25) is 0 Å². The van der Waals surface area contributed by atoms with Gasteiger partial charge in [-0.2, -0.15) is 8.42 Å². The first-order chi connectivity index (χ1) is 20.7. The number of hydrogen-bond acceptors (Lipinski definition) is 8. The zero-order chi connectivity index (χ0) is 30.0. The van der Waals surface area contributed by atoms with Gasteiger partial charge in [0.25, 0.3) is 15.9 Å². The smallest absolute Gasteiger partial charge is 0.309 e. The summed E-state index contributed by atoms with van der Waals surface area (Å²) in [6.07, 6.45) is 12.1. The van der Waals surface area contributed by atoms with Crippen molar-refractivity contribution in [2.75, 3.05) is 18.0 Å². The maximum absolute atomic E-state index is 13.4. The Balaban J connectivity index is 1.09. The van der Waals surface area contributed by atoms with Gasteiger partial charge in [-0.1, -0.05) is 37.5 Å². The molecule has 1 N–H and O–H groups in total. The molecule has 10 heteroatoms. The molecule has 1 aliphatic heterocycles. The average Bonchev–Trinajstić information content (AvgIpc) is 3.62. The van der Waals surface area contributed by atoms with E-state index in [2.05, 4.69) is 21.8 Å². The lowest BCUT2D eigenvalue weighted by atomic mass is 9.83. The van der Waals surface area contributed by atoms with E-state index in [9.17, 15) is 18.0 Å². The van der Waals surface area contributed by atoms with Crippen molar-refractivity contribution in [1.29, 1.82) is 0 Å². The third-order valence-corrected chi connectivity index (χ3v) is 10.8. The van der Waals surface area contributed by atoms with E-state index in [-0.39, 0.29) is 23.0 Å². The lowest BCUT2D eigenvalue weighted by Gasteiger charge is -2.32. The molecule has 2 aromatic rings. The first-order valence-electron chi connectivity index (χ1n) is 16.0. The predicted octanol–water partition coefficient (Wildman–Crippen LogP) is 5.56. The second kappa shape index (κ2) is 12.5. The van der Waals surface area contributed by atoms with E-state index in [0.29, 0.717) is 56.3 Å². The second-order valence-corrected chi connectivity index (χ2v) is 14.5. The van der Waals surface area contributed by atoms with Gasteiger partial charge in [-0.25, -0.2) is 9.71 Å². The molecule has 232 valence electrons. The number of aromatic nitrogens is 1. The maximum Gasteiger partial charge on any atom is 0.309 e. The molecule has 4 aliphatic rings. The van der Waals surface area contributed by atoms with E-state index in [0.717, 1.165) is 49.7 Å². The Morgan fingerprint density at radius 1 is 0.930 bits per heavy atom. The highest BCUT2D eigenvalue weighted by Crippen LogP contribution is 2.45. The van der Waals surface area contributed by atoms with Gasteiger partial charge in [0.15, 0.2) is 10.6 Å². The molecule has 1 aromatic carbocycles. The largest absolute Gasteiger partial charge is 0.477 e. The van der Waals surface area contributed by atoms with Crippen LogP contribution in [0.4, 0.5) is 5.82 Å². The van der Waals surface area contributed by atoms with Gasteiger partial charge in [-0.05, 0) is 93.5 Å². The number of esters is 1. The highest BCUT2D eigenvalue weighted by molar-refractivity contribution is 7.90. The summed E-state index contributed by atoms with van der Waals surface area (Å²) in [5.74, 6) is 0.662. The van der Waals surface area contributed by atoms with Crippen LogP contribution in [0.15, 0.2) is 41.4 Å². The molecular weight excluding hydrogens is 566 g/mol. The average molecular weight is 610 g/mol. The Bertz CT molecular complexity index is 1440. The van der Waals surface area contributed by atoms with Gasteiger partial charge in [0.1, 0.15) is 17.7 Å². The van der Waals surface area contributed by atoms with Crippen molar-refractivity contribution in [3.8, 4) is 5.75 Å². The number of nitrogens with zero attached hydrogens (tertiary/aromatic N) is 2. The summed E-state index contributed by atoms with van der Waals surface area (Å²) in [6.45, 7) is 3.14. The number of aryl methyl sites for hydroxylation is 1. The third-order valence-electron chi connectivity index (χ3n) is 9.59. The summed E-state index contributed by atoms with van der Waals surface area (Å²) in [4.78, 5) is 32.4. The summed E-state index contributed by atoms with van der Waals surface area (Å²) in [5, 5.41) is -0.213. The SMILES string of the molecule is Cc1ccc(C2CCCCC2)c(OC2(C(=O)NS(=O)(=O)c3cccc(N4CCC(C(=O)OC5CCCC5)CC4)n3)CC2)c1. The standard InChI is InChI=1S/C33H43N3O6S/c1-23-14-15-27(24-8-3-2-4-9-24)28(22-23)42-33(18-19-33)32(38)35-43(39,40)30-13-7-12-29(34-30)36-20-16-25(17-21-36)31(37)41-26-10-5-6-11-26/h7,12-15,22,24-26H,2-6,8-11,16-21H2,1H3,(H,35,38). The zero-order valence-corrected chi connectivity index (χ0v) is 25.9. The van der Waals surface area contributed by atoms with E-state index < -0.39 is 21.5 Å². The minimum Gasteiger partial charge on any atom is -0.477 e. The molecule has 43 heavy (non-hydrogen) atoms. The molecular formula is C33H43N3O6S. The van der Waals surface area contributed by atoms with Gasteiger partial charge in [-0.3, -0.25) is 9.59 Å². The number of carbonyl (C=O) groups excluding carboxylic acids is 2. The van der Waals surface area contributed by atoms with E-state index in [1.54, 1.807) is 12.1 Å². The van der Waals surface area contributed by atoms with Crippen molar-refractivity contribution in [1.82, 2.24) is 9.71 Å². The molecule has 0 spiro atoms. The van der Waals surface area contributed by atoms with Crippen LogP contribution in [-0.2, 0) is 24.3 Å². The van der Waals surface area contributed by atoms with Gasteiger partial charge in [-0.15, -0.1) is 0 Å². The number of carbonyl (C=O) groups is 2. The molecule has 1 amide bonds. The normalized spacial score (nSPS) is 21.4. The third kappa shape index (κ3) is 6.84. The van der Waals surface area contributed by atoms with Gasteiger partial charge < -0.3 is 14.4 Å². The quantitative estimate of drug-likeness (QED) is 0.368. The van der Waals surface area contributed by atoms with Gasteiger partial charge in [0, 0.05) is 25.9 Å². The number of nitrogens with one attached hydrogen (secondary N) is 1. The van der Waals surface area contributed by atoms with Gasteiger partial charge in [0.05, 0.1) is 5.92 Å². The Morgan fingerprint density at radius 2 is 1.63 bits per heavy atom. The Labute approximate surface area is 254 Å². The van der Waals surface area contributed by atoms with E-state index >= 15 is 0 Å². The van der Waals surface area contributed by atoms with Crippen LogP contribution in [0.5, 0.6) is 5.75 Å². The number of benzene rings is 1. The van der Waals surface area contributed by atoms with E-state index in [1.165, 1.54) is 25.3 Å². The second-order valence-electron chi connectivity index (χ2n) is 12.8. The molecule has 9 nitrogen and oxygen atoms in total.